The zero-order valence-corrected chi connectivity index (χ0v) is 11.8. The number of hydrogen-bond acceptors (Lipinski definition) is 4. The first-order chi connectivity index (χ1) is 8.28. The molecule has 1 amide bonds. The number of rotatable bonds is 4. The molecule has 0 spiro atoms. The van der Waals surface area contributed by atoms with Crippen molar-refractivity contribution < 1.29 is 13.2 Å². The minimum atomic E-state index is -2.97. The summed E-state index contributed by atoms with van der Waals surface area (Å²) >= 11 is 0. The van der Waals surface area contributed by atoms with Gasteiger partial charge < -0.3 is 10.6 Å². The summed E-state index contributed by atoms with van der Waals surface area (Å²) in [5.74, 6) is 0.772. The molecule has 1 aliphatic heterocycles. The smallest absolute Gasteiger partial charge is 0.222 e. The summed E-state index contributed by atoms with van der Waals surface area (Å²) < 4.78 is 22.9. The largest absolute Gasteiger partial charge is 0.351 e. The molecular formula is C12H22N2O3S. The molecular weight excluding hydrogens is 252 g/mol. The van der Waals surface area contributed by atoms with E-state index in [4.69, 9.17) is 0 Å². The highest BCUT2D eigenvalue weighted by atomic mass is 32.2. The van der Waals surface area contributed by atoms with Crippen molar-refractivity contribution in [2.24, 2.45) is 5.92 Å². The second-order valence-electron chi connectivity index (χ2n) is 6.01. The van der Waals surface area contributed by atoms with Gasteiger partial charge in [-0.1, -0.05) is 0 Å². The van der Waals surface area contributed by atoms with Crippen LogP contribution in [0.3, 0.4) is 0 Å². The zero-order valence-electron chi connectivity index (χ0n) is 11.0. The first-order valence-electron chi connectivity index (χ1n) is 6.53. The van der Waals surface area contributed by atoms with Gasteiger partial charge in [-0.25, -0.2) is 8.42 Å². The fourth-order valence-electron chi connectivity index (χ4n) is 2.54. The van der Waals surface area contributed by atoms with E-state index in [1.54, 1.807) is 0 Å². The Kier molecular flexibility index (Phi) is 3.69. The van der Waals surface area contributed by atoms with E-state index in [0.29, 0.717) is 12.5 Å². The van der Waals surface area contributed by atoms with Crippen LogP contribution in [0.4, 0.5) is 0 Å². The van der Waals surface area contributed by atoms with E-state index in [0.717, 1.165) is 0 Å². The quantitative estimate of drug-likeness (QED) is 0.760. The van der Waals surface area contributed by atoms with Crippen LogP contribution in [0, 0.1) is 5.92 Å². The van der Waals surface area contributed by atoms with Crippen molar-refractivity contribution in [3.8, 4) is 0 Å². The van der Waals surface area contributed by atoms with Gasteiger partial charge in [-0.3, -0.25) is 4.79 Å². The molecule has 0 radical (unpaired) electrons. The van der Waals surface area contributed by atoms with Crippen molar-refractivity contribution in [3.63, 3.8) is 0 Å². The lowest BCUT2D eigenvalue weighted by Crippen LogP contribution is -2.50. The van der Waals surface area contributed by atoms with Gasteiger partial charge >= 0.3 is 0 Å². The third-order valence-corrected chi connectivity index (χ3v) is 5.53. The molecule has 2 rings (SSSR count). The highest BCUT2D eigenvalue weighted by Crippen LogP contribution is 2.39. The summed E-state index contributed by atoms with van der Waals surface area (Å²) in [5, 5.41) is 6.12. The summed E-state index contributed by atoms with van der Waals surface area (Å²) in [6.07, 6.45) is 2.59. The summed E-state index contributed by atoms with van der Waals surface area (Å²) in [6, 6.07) is -0.237. The molecule has 0 bridgehead atoms. The molecule has 1 unspecified atom stereocenters. The van der Waals surface area contributed by atoms with Crippen molar-refractivity contribution in [2.75, 3.05) is 18.1 Å². The number of hydrogen-bond donors (Lipinski definition) is 2. The summed E-state index contributed by atoms with van der Waals surface area (Å²) in [5.41, 5.74) is -0.162. The van der Waals surface area contributed by atoms with Crippen molar-refractivity contribution in [3.05, 3.63) is 0 Å². The van der Waals surface area contributed by atoms with Gasteiger partial charge in [0.25, 0.3) is 0 Å². The average Bonchev–Trinajstić information content (AvgIpc) is 2.96. The van der Waals surface area contributed by atoms with Crippen LogP contribution in [-0.2, 0) is 14.6 Å². The van der Waals surface area contributed by atoms with Crippen LogP contribution in [-0.4, -0.2) is 44.0 Å². The highest BCUT2D eigenvalue weighted by molar-refractivity contribution is 7.91. The Morgan fingerprint density at radius 2 is 2.06 bits per heavy atom. The van der Waals surface area contributed by atoms with Gasteiger partial charge in [0.15, 0.2) is 9.84 Å². The van der Waals surface area contributed by atoms with Crippen LogP contribution in [0.25, 0.3) is 0 Å². The van der Waals surface area contributed by atoms with Gasteiger partial charge in [-0.15, -0.1) is 0 Å². The van der Waals surface area contributed by atoms with Gasteiger partial charge in [0.05, 0.1) is 11.5 Å². The molecule has 2 fully saturated rings. The van der Waals surface area contributed by atoms with Crippen LogP contribution >= 0.6 is 0 Å². The molecule has 0 aromatic carbocycles. The third-order valence-electron chi connectivity index (χ3n) is 3.79. The van der Waals surface area contributed by atoms with Crippen LogP contribution in [0.1, 0.15) is 33.1 Å². The Hall–Kier alpha value is -0.620. The second-order valence-corrected chi connectivity index (χ2v) is 8.24. The van der Waals surface area contributed by atoms with Gasteiger partial charge in [0.2, 0.25) is 5.91 Å². The fraction of sp³-hybridized carbons (Fsp3) is 0.917. The Bertz CT molecular complexity index is 427. The molecule has 1 atom stereocenters. The number of amides is 1. The molecule has 1 saturated carbocycles. The maximum Gasteiger partial charge on any atom is 0.222 e. The highest BCUT2D eigenvalue weighted by Gasteiger charge is 2.39. The standard InChI is InChI=1S/C12H22N2O3S/c1-12(2,9-3-4-9)14-11(15)7-10-8-18(16,17)6-5-13-10/h9-10,13H,3-8H2,1-2H3,(H,14,15). The predicted octanol–water partition coefficient (Wildman–Crippen LogP) is 0.0679. The summed E-state index contributed by atoms with van der Waals surface area (Å²) in [4.78, 5) is 11.9. The Balaban J connectivity index is 1.84. The second kappa shape index (κ2) is 4.81. The first kappa shape index (κ1) is 13.8. The van der Waals surface area contributed by atoms with Crippen molar-refractivity contribution in [1.82, 2.24) is 10.6 Å². The normalized spacial score (nSPS) is 27.8. The third kappa shape index (κ3) is 3.68. The van der Waals surface area contributed by atoms with Gasteiger partial charge in [0.1, 0.15) is 0 Å². The number of sulfone groups is 1. The minimum Gasteiger partial charge on any atom is -0.351 e. The number of carbonyl (C=O) groups excluding carboxylic acids is 1. The molecule has 104 valence electrons. The fourth-order valence-corrected chi connectivity index (χ4v) is 3.98. The molecule has 1 heterocycles. The van der Waals surface area contributed by atoms with Gasteiger partial charge in [-0.2, -0.15) is 0 Å². The van der Waals surface area contributed by atoms with Gasteiger partial charge in [-0.05, 0) is 32.6 Å². The number of nitrogens with one attached hydrogen (secondary N) is 2. The van der Waals surface area contributed by atoms with E-state index in [1.165, 1.54) is 12.8 Å². The molecule has 1 saturated heterocycles. The Labute approximate surface area is 109 Å². The molecule has 6 heteroatoms. The lowest BCUT2D eigenvalue weighted by molar-refractivity contribution is -0.123. The maximum atomic E-state index is 11.9. The van der Waals surface area contributed by atoms with E-state index >= 15 is 0 Å². The molecule has 2 aliphatic rings. The van der Waals surface area contributed by atoms with Crippen LogP contribution < -0.4 is 10.6 Å². The summed E-state index contributed by atoms with van der Waals surface area (Å²) in [6.45, 7) is 4.52. The van der Waals surface area contributed by atoms with Gasteiger partial charge in [0, 0.05) is 24.5 Å². The van der Waals surface area contributed by atoms with E-state index in [2.05, 4.69) is 10.6 Å². The lowest BCUT2D eigenvalue weighted by Gasteiger charge is -2.28. The predicted molar refractivity (Wildman–Crippen MR) is 70.0 cm³/mol. The molecule has 1 aliphatic carbocycles. The maximum absolute atomic E-state index is 11.9. The SMILES string of the molecule is CC(C)(NC(=O)CC1CS(=O)(=O)CCN1)C1CC1. The van der Waals surface area contributed by atoms with Crippen LogP contribution in [0.5, 0.6) is 0 Å². The molecule has 2 N–H and O–H groups in total. The summed E-state index contributed by atoms with van der Waals surface area (Å²) in [7, 11) is -2.97. The topological polar surface area (TPSA) is 75.3 Å². The first-order valence-corrected chi connectivity index (χ1v) is 8.35. The molecule has 5 nitrogen and oxygen atoms in total. The molecule has 0 aromatic heterocycles. The van der Waals surface area contributed by atoms with E-state index in [1.807, 2.05) is 13.8 Å². The Morgan fingerprint density at radius 1 is 1.39 bits per heavy atom. The lowest BCUT2D eigenvalue weighted by atomic mass is 9.98. The van der Waals surface area contributed by atoms with E-state index < -0.39 is 9.84 Å². The van der Waals surface area contributed by atoms with Crippen LogP contribution in [0.2, 0.25) is 0 Å². The van der Waals surface area contributed by atoms with Crippen molar-refractivity contribution in [1.29, 1.82) is 0 Å². The molecule has 0 aromatic rings. The zero-order chi connectivity index (χ0) is 13.4. The van der Waals surface area contributed by atoms with E-state index in [-0.39, 0.29) is 35.4 Å². The number of carbonyl (C=O) groups is 1. The van der Waals surface area contributed by atoms with Crippen LogP contribution in [0.15, 0.2) is 0 Å². The average molecular weight is 274 g/mol. The van der Waals surface area contributed by atoms with Crippen molar-refractivity contribution >= 4 is 15.7 Å². The Morgan fingerprint density at radius 3 is 2.61 bits per heavy atom. The van der Waals surface area contributed by atoms with Crippen molar-refractivity contribution in [2.45, 2.75) is 44.7 Å². The monoisotopic (exact) mass is 274 g/mol. The molecule has 18 heavy (non-hydrogen) atoms. The minimum absolute atomic E-state index is 0.0542. The van der Waals surface area contributed by atoms with E-state index in [9.17, 15) is 13.2 Å².